The lowest BCUT2D eigenvalue weighted by Crippen LogP contribution is -2.19. The smallest absolute Gasteiger partial charge is 0.143 e. The summed E-state index contributed by atoms with van der Waals surface area (Å²) in [4.78, 5) is 2.43. The van der Waals surface area contributed by atoms with E-state index in [9.17, 15) is 0 Å². The highest BCUT2D eigenvalue weighted by Gasteiger charge is 2.38. The highest BCUT2D eigenvalue weighted by Crippen LogP contribution is 2.54. The molecule has 0 N–H and O–H groups in total. The SMILES string of the molecule is CC1(C)C/C=C\c2c(oc3ccccc23)Cc2cc(N(c3ccc(-c4ccccc4)cc3)c3ccc4c(c3)-c3c(ccc5c3oc3ccccc35)C4(C)C)ccc21. The van der Waals surface area contributed by atoms with E-state index in [0.29, 0.717) is 6.42 Å². The summed E-state index contributed by atoms with van der Waals surface area (Å²) in [6.45, 7) is 9.40. The van der Waals surface area contributed by atoms with Crippen LogP contribution < -0.4 is 4.90 Å². The van der Waals surface area contributed by atoms with Crippen LogP contribution in [-0.2, 0) is 17.3 Å². The Balaban J connectivity index is 1.11. The molecule has 3 heteroatoms. The normalized spacial score (nSPS) is 15.6. The van der Waals surface area contributed by atoms with E-state index in [2.05, 4.69) is 196 Å². The summed E-state index contributed by atoms with van der Waals surface area (Å²) in [5.74, 6) is 1.01. The average Bonchev–Trinajstić information content (AvgIpc) is 3.86. The molecule has 2 aliphatic carbocycles. The van der Waals surface area contributed by atoms with Gasteiger partial charge in [-0.3, -0.25) is 0 Å². The second kappa shape index (κ2) is 12.5. The van der Waals surface area contributed by atoms with Gasteiger partial charge < -0.3 is 13.7 Å². The summed E-state index contributed by atoms with van der Waals surface area (Å²) in [5.41, 5.74) is 17.1. The number of anilines is 3. The van der Waals surface area contributed by atoms with E-state index in [-0.39, 0.29) is 10.8 Å². The number of nitrogens with zero attached hydrogens (tertiary/aromatic N) is 1. The van der Waals surface area contributed by atoms with Crippen LogP contribution in [0.5, 0.6) is 0 Å². The van der Waals surface area contributed by atoms with Gasteiger partial charge in [0.15, 0.2) is 0 Å². The molecule has 276 valence electrons. The molecule has 11 rings (SSSR count). The van der Waals surface area contributed by atoms with Crippen LogP contribution in [0.25, 0.3) is 61.2 Å². The molecule has 2 aromatic heterocycles. The minimum atomic E-state index is -0.177. The molecule has 2 heterocycles. The van der Waals surface area contributed by atoms with Crippen molar-refractivity contribution in [3.05, 3.63) is 191 Å². The molecule has 2 aliphatic rings. The summed E-state index contributed by atoms with van der Waals surface area (Å²) in [6.07, 6.45) is 6.24. The van der Waals surface area contributed by atoms with Crippen molar-refractivity contribution >= 4 is 56.0 Å². The molecule has 0 radical (unpaired) electrons. The molecule has 7 aromatic carbocycles. The van der Waals surface area contributed by atoms with E-state index in [1.165, 1.54) is 55.5 Å². The number of allylic oxidation sites excluding steroid dienone is 1. The lowest BCUT2D eigenvalue weighted by atomic mass is 9.78. The fourth-order valence-electron chi connectivity index (χ4n) is 9.74. The van der Waals surface area contributed by atoms with Gasteiger partial charge in [0.25, 0.3) is 0 Å². The van der Waals surface area contributed by atoms with Gasteiger partial charge in [-0.2, -0.15) is 0 Å². The van der Waals surface area contributed by atoms with Crippen LogP contribution in [0, 0.1) is 0 Å². The second-order valence-corrected chi connectivity index (χ2v) is 17.0. The Labute approximate surface area is 333 Å². The van der Waals surface area contributed by atoms with Crippen LogP contribution in [0.1, 0.15) is 67.7 Å². The highest BCUT2D eigenvalue weighted by molar-refractivity contribution is 6.12. The van der Waals surface area contributed by atoms with Crippen molar-refractivity contribution in [2.75, 3.05) is 4.90 Å². The third-order valence-electron chi connectivity index (χ3n) is 12.7. The molecule has 0 bridgehead atoms. The first-order chi connectivity index (χ1) is 27.7. The standard InChI is InChI=1S/C54H43NO2/c1-53(2)30-12-17-41-40-15-8-10-18-48(40)56-50(41)32-36-31-38(24-27-45(36)53)55(37-22-20-35(21-23-37)34-13-6-5-7-14-34)39-25-28-46-44(33-39)51-47(54(46,3)4)29-26-43-42-16-9-11-19-49(42)57-52(43)51/h5-29,31,33H,30,32H2,1-4H3/b17-12-. The molecule has 3 nitrogen and oxygen atoms in total. The Morgan fingerprint density at radius 1 is 0.526 bits per heavy atom. The van der Waals surface area contributed by atoms with Crippen molar-refractivity contribution in [2.45, 2.75) is 51.4 Å². The van der Waals surface area contributed by atoms with Gasteiger partial charge in [0, 0.05) is 56.2 Å². The molecular formula is C54H43NO2. The third kappa shape index (κ3) is 5.26. The second-order valence-electron chi connectivity index (χ2n) is 17.0. The molecule has 0 amide bonds. The summed E-state index contributed by atoms with van der Waals surface area (Å²) in [7, 11) is 0. The summed E-state index contributed by atoms with van der Waals surface area (Å²) in [5, 5.41) is 3.48. The Bertz CT molecular complexity index is 3060. The van der Waals surface area contributed by atoms with Crippen LogP contribution in [0.15, 0.2) is 167 Å². The van der Waals surface area contributed by atoms with Gasteiger partial charge in [-0.15, -0.1) is 0 Å². The average molecular weight is 738 g/mol. The third-order valence-corrected chi connectivity index (χ3v) is 12.7. The maximum Gasteiger partial charge on any atom is 0.143 e. The monoisotopic (exact) mass is 737 g/mol. The number of rotatable bonds is 4. The number of benzene rings is 7. The van der Waals surface area contributed by atoms with Crippen LogP contribution in [0.3, 0.4) is 0 Å². The Kier molecular flexibility index (Phi) is 7.38. The minimum absolute atomic E-state index is 0.0629. The lowest BCUT2D eigenvalue weighted by molar-refractivity contribution is 0.525. The van der Waals surface area contributed by atoms with Crippen LogP contribution in [-0.4, -0.2) is 0 Å². The summed E-state index contributed by atoms with van der Waals surface area (Å²) in [6, 6.07) is 55.1. The van der Waals surface area contributed by atoms with Gasteiger partial charge in [-0.1, -0.05) is 143 Å². The summed E-state index contributed by atoms with van der Waals surface area (Å²) >= 11 is 0. The minimum Gasteiger partial charge on any atom is -0.460 e. The molecule has 0 atom stereocenters. The quantitative estimate of drug-likeness (QED) is 0.180. The number of hydrogen-bond donors (Lipinski definition) is 0. The number of fused-ring (bicyclic) bond motifs is 11. The number of hydrogen-bond acceptors (Lipinski definition) is 3. The van der Waals surface area contributed by atoms with E-state index in [0.717, 1.165) is 56.8 Å². The molecule has 0 aliphatic heterocycles. The van der Waals surface area contributed by atoms with E-state index in [4.69, 9.17) is 8.83 Å². The molecule has 0 unspecified atom stereocenters. The molecule has 0 saturated carbocycles. The largest absolute Gasteiger partial charge is 0.460 e. The first-order valence-electron chi connectivity index (χ1n) is 20.1. The molecular weight excluding hydrogens is 695 g/mol. The maximum absolute atomic E-state index is 6.71. The Morgan fingerprint density at radius 2 is 1.16 bits per heavy atom. The topological polar surface area (TPSA) is 29.5 Å². The molecule has 0 saturated heterocycles. The van der Waals surface area contributed by atoms with E-state index in [1.54, 1.807) is 0 Å². The van der Waals surface area contributed by atoms with E-state index >= 15 is 0 Å². The zero-order valence-electron chi connectivity index (χ0n) is 32.8. The van der Waals surface area contributed by atoms with E-state index in [1.807, 2.05) is 0 Å². The van der Waals surface area contributed by atoms with Crippen molar-refractivity contribution < 1.29 is 8.83 Å². The van der Waals surface area contributed by atoms with Crippen molar-refractivity contribution in [1.29, 1.82) is 0 Å². The Hall–Kier alpha value is -6.58. The van der Waals surface area contributed by atoms with Crippen molar-refractivity contribution in [1.82, 2.24) is 0 Å². The zero-order valence-corrected chi connectivity index (χ0v) is 32.8. The van der Waals surface area contributed by atoms with Crippen LogP contribution >= 0.6 is 0 Å². The van der Waals surface area contributed by atoms with Gasteiger partial charge in [-0.05, 0) is 99.3 Å². The van der Waals surface area contributed by atoms with Gasteiger partial charge in [0.05, 0.1) is 0 Å². The molecule has 57 heavy (non-hydrogen) atoms. The van der Waals surface area contributed by atoms with Gasteiger partial charge in [0.1, 0.15) is 22.5 Å². The molecule has 0 fully saturated rings. The zero-order chi connectivity index (χ0) is 38.5. The molecule has 0 spiro atoms. The maximum atomic E-state index is 6.71. The molecule has 9 aromatic rings. The van der Waals surface area contributed by atoms with Gasteiger partial charge in [-0.25, -0.2) is 0 Å². The fourth-order valence-corrected chi connectivity index (χ4v) is 9.74. The van der Waals surface area contributed by atoms with Gasteiger partial charge in [0.2, 0.25) is 0 Å². The van der Waals surface area contributed by atoms with Crippen LogP contribution in [0.2, 0.25) is 0 Å². The van der Waals surface area contributed by atoms with Crippen LogP contribution in [0.4, 0.5) is 17.1 Å². The number of furan rings is 2. The first kappa shape index (κ1) is 33.7. The Morgan fingerprint density at radius 3 is 1.95 bits per heavy atom. The predicted octanol–water partition coefficient (Wildman–Crippen LogP) is 15.1. The number of para-hydroxylation sites is 2. The highest BCUT2D eigenvalue weighted by atomic mass is 16.3. The van der Waals surface area contributed by atoms with Crippen molar-refractivity contribution in [3.8, 4) is 22.3 Å². The van der Waals surface area contributed by atoms with Gasteiger partial charge >= 0.3 is 0 Å². The summed E-state index contributed by atoms with van der Waals surface area (Å²) < 4.78 is 13.3. The lowest BCUT2D eigenvalue weighted by Gasteiger charge is -2.31. The van der Waals surface area contributed by atoms with E-state index < -0.39 is 0 Å². The van der Waals surface area contributed by atoms with Crippen molar-refractivity contribution in [2.24, 2.45) is 0 Å². The first-order valence-corrected chi connectivity index (χ1v) is 20.1. The predicted molar refractivity (Wildman–Crippen MR) is 237 cm³/mol. The fraction of sp³-hybridized carbons (Fsp3) is 0.148. The van der Waals surface area contributed by atoms with Crippen molar-refractivity contribution in [3.63, 3.8) is 0 Å².